The molecule has 3 atom stereocenters. The number of hydrogen-bond donors (Lipinski definition) is 2. The van der Waals surface area contributed by atoms with Crippen molar-refractivity contribution < 1.29 is 32.6 Å². The van der Waals surface area contributed by atoms with Crippen molar-refractivity contribution in [3.8, 4) is 0 Å². The number of halogens is 3. The van der Waals surface area contributed by atoms with Crippen LogP contribution >= 0.6 is 0 Å². The topological polar surface area (TPSA) is 105 Å². The molecule has 2 fully saturated rings. The fourth-order valence-corrected chi connectivity index (χ4v) is 3.58. The van der Waals surface area contributed by atoms with Crippen LogP contribution in [0.4, 0.5) is 13.2 Å². The van der Waals surface area contributed by atoms with Crippen molar-refractivity contribution in [1.29, 1.82) is 0 Å². The van der Waals surface area contributed by atoms with Crippen molar-refractivity contribution in [2.24, 2.45) is 5.92 Å². The number of amides is 1. The zero-order chi connectivity index (χ0) is 21.4. The Kier molecular flexibility index (Phi) is 8.32. The molecule has 1 amide bonds. The highest BCUT2D eigenvalue weighted by Crippen LogP contribution is 2.29. The Morgan fingerprint density at radius 1 is 1.34 bits per heavy atom. The van der Waals surface area contributed by atoms with Crippen molar-refractivity contribution >= 4 is 11.9 Å². The van der Waals surface area contributed by atoms with Gasteiger partial charge in [0.15, 0.2) is 0 Å². The van der Waals surface area contributed by atoms with Gasteiger partial charge in [-0.05, 0) is 31.7 Å². The lowest BCUT2D eigenvalue weighted by atomic mass is 9.85. The third kappa shape index (κ3) is 6.93. The number of alkyl halides is 3. The molecule has 0 unspecified atom stereocenters. The molecule has 2 aliphatic rings. The quantitative estimate of drug-likeness (QED) is 0.767. The number of aromatic nitrogens is 2. The minimum atomic E-state index is -5.08. The Bertz CT molecular complexity index is 675. The second kappa shape index (κ2) is 10.5. The van der Waals surface area contributed by atoms with E-state index in [1.807, 2.05) is 0 Å². The number of carbonyl (C=O) groups excluding carboxylic acids is 1. The van der Waals surface area contributed by atoms with Gasteiger partial charge in [0.25, 0.3) is 5.91 Å². The number of nitrogens with one attached hydrogen (secondary N) is 1. The highest BCUT2D eigenvalue weighted by Gasteiger charge is 2.40. The lowest BCUT2D eigenvalue weighted by Gasteiger charge is -2.46. The molecule has 0 aromatic carbocycles. The van der Waals surface area contributed by atoms with Crippen LogP contribution in [-0.4, -0.2) is 76.4 Å². The largest absolute Gasteiger partial charge is 0.490 e. The minimum absolute atomic E-state index is 0.0279. The van der Waals surface area contributed by atoms with E-state index in [1.165, 1.54) is 12.6 Å². The molecule has 1 aromatic heterocycles. The van der Waals surface area contributed by atoms with Gasteiger partial charge in [0, 0.05) is 32.1 Å². The van der Waals surface area contributed by atoms with E-state index in [0.717, 1.165) is 39.1 Å². The van der Waals surface area contributed by atoms with Gasteiger partial charge in [0.05, 0.1) is 18.3 Å². The van der Waals surface area contributed by atoms with Crippen LogP contribution in [0.1, 0.15) is 36.7 Å². The normalized spacial score (nSPS) is 24.6. The highest BCUT2D eigenvalue weighted by molar-refractivity contribution is 5.92. The first-order valence-corrected chi connectivity index (χ1v) is 9.43. The van der Waals surface area contributed by atoms with Crippen LogP contribution in [0.3, 0.4) is 0 Å². The molecule has 0 aliphatic carbocycles. The van der Waals surface area contributed by atoms with Crippen molar-refractivity contribution in [2.45, 2.75) is 44.5 Å². The average molecular weight is 418 g/mol. The van der Waals surface area contributed by atoms with Gasteiger partial charge >= 0.3 is 12.1 Å². The molecule has 0 radical (unpaired) electrons. The number of carbonyl (C=O) groups is 2. The maximum Gasteiger partial charge on any atom is 0.490 e. The van der Waals surface area contributed by atoms with E-state index in [9.17, 15) is 18.0 Å². The summed E-state index contributed by atoms with van der Waals surface area (Å²) in [6.45, 7) is 5.99. The van der Waals surface area contributed by atoms with Gasteiger partial charge in [-0.3, -0.25) is 9.78 Å². The number of aliphatic carboxylic acids is 1. The van der Waals surface area contributed by atoms with Crippen LogP contribution in [-0.2, 0) is 9.53 Å². The zero-order valence-corrected chi connectivity index (χ0v) is 16.1. The SMILES string of the molecule is CCCN1C[C@@H]2CCCO[C@@H]2[C@H](NC(=O)c2cnccn2)C1.O=C(O)C(F)(F)F. The first-order chi connectivity index (χ1) is 13.7. The molecule has 2 N–H and O–H groups in total. The van der Waals surface area contributed by atoms with E-state index in [2.05, 4.69) is 27.1 Å². The maximum atomic E-state index is 12.4. The number of carboxylic acid groups (broad SMARTS) is 1. The van der Waals surface area contributed by atoms with Gasteiger partial charge in [-0.1, -0.05) is 6.92 Å². The van der Waals surface area contributed by atoms with E-state index in [4.69, 9.17) is 14.6 Å². The molecule has 3 rings (SSSR count). The number of fused-ring (bicyclic) bond motifs is 1. The molecule has 0 saturated carbocycles. The van der Waals surface area contributed by atoms with Crippen molar-refractivity contribution in [2.75, 3.05) is 26.2 Å². The van der Waals surface area contributed by atoms with E-state index in [1.54, 1.807) is 12.4 Å². The first kappa shape index (κ1) is 23.0. The van der Waals surface area contributed by atoms with Gasteiger partial charge in [0.2, 0.25) is 0 Å². The molecule has 0 bridgehead atoms. The molecule has 11 heteroatoms. The standard InChI is InChI=1S/C16H24N4O2.C2HF3O2/c1-2-7-20-10-12-4-3-8-22-15(12)14(11-20)19-16(21)13-9-17-5-6-18-13;3-2(4,5)1(6)7/h5-6,9,12,14-15H,2-4,7-8,10-11H2,1H3,(H,19,21);(H,6,7)/t12-,14+,15-;/m0./s1. The summed E-state index contributed by atoms with van der Waals surface area (Å²) in [7, 11) is 0. The van der Waals surface area contributed by atoms with Crippen LogP contribution in [0.2, 0.25) is 0 Å². The third-order valence-corrected chi connectivity index (χ3v) is 4.73. The van der Waals surface area contributed by atoms with Gasteiger partial charge in [-0.15, -0.1) is 0 Å². The summed E-state index contributed by atoms with van der Waals surface area (Å²) in [5.74, 6) is -2.40. The predicted octanol–water partition coefficient (Wildman–Crippen LogP) is 1.73. The Labute approximate surface area is 166 Å². The number of piperidine rings is 1. The summed E-state index contributed by atoms with van der Waals surface area (Å²) in [6, 6.07) is 0.0279. The van der Waals surface area contributed by atoms with Crippen molar-refractivity contribution in [3.05, 3.63) is 24.3 Å². The molecule has 0 spiro atoms. The number of hydrogen-bond acceptors (Lipinski definition) is 6. The summed E-state index contributed by atoms with van der Waals surface area (Å²) >= 11 is 0. The number of nitrogens with zero attached hydrogens (tertiary/aromatic N) is 3. The lowest BCUT2D eigenvalue weighted by molar-refractivity contribution is -0.192. The maximum absolute atomic E-state index is 12.4. The fourth-order valence-electron chi connectivity index (χ4n) is 3.58. The zero-order valence-electron chi connectivity index (χ0n) is 16.1. The highest BCUT2D eigenvalue weighted by atomic mass is 19.4. The Balaban J connectivity index is 0.000000370. The number of carboxylic acids is 1. The molecule has 29 heavy (non-hydrogen) atoms. The third-order valence-electron chi connectivity index (χ3n) is 4.73. The summed E-state index contributed by atoms with van der Waals surface area (Å²) < 4.78 is 37.7. The van der Waals surface area contributed by atoms with E-state index in [0.29, 0.717) is 11.6 Å². The molecular weight excluding hydrogens is 393 g/mol. The first-order valence-electron chi connectivity index (χ1n) is 9.43. The Morgan fingerprint density at radius 2 is 2.07 bits per heavy atom. The molecule has 162 valence electrons. The van der Waals surface area contributed by atoms with Crippen molar-refractivity contribution in [3.63, 3.8) is 0 Å². The fraction of sp³-hybridized carbons (Fsp3) is 0.667. The van der Waals surface area contributed by atoms with Gasteiger partial charge in [-0.25, -0.2) is 9.78 Å². The molecule has 2 saturated heterocycles. The molecular formula is C18H25F3N4O4. The van der Waals surface area contributed by atoms with Crippen molar-refractivity contribution in [1.82, 2.24) is 20.2 Å². The second-order valence-corrected chi connectivity index (χ2v) is 6.97. The number of ether oxygens (including phenoxy) is 1. The van der Waals surface area contributed by atoms with Crippen LogP contribution in [0, 0.1) is 5.92 Å². The van der Waals surface area contributed by atoms with E-state index < -0.39 is 12.1 Å². The summed E-state index contributed by atoms with van der Waals surface area (Å²) in [6.07, 6.45) is 3.08. The smallest absolute Gasteiger partial charge is 0.475 e. The number of rotatable bonds is 4. The molecule has 8 nitrogen and oxygen atoms in total. The molecule has 1 aromatic rings. The number of likely N-dealkylation sites (tertiary alicyclic amines) is 1. The minimum Gasteiger partial charge on any atom is -0.475 e. The van der Waals surface area contributed by atoms with E-state index >= 15 is 0 Å². The van der Waals surface area contributed by atoms with Crippen LogP contribution < -0.4 is 5.32 Å². The molecule has 2 aliphatic heterocycles. The van der Waals surface area contributed by atoms with Gasteiger partial charge in [-0.2, -0.15) is 13.2 Å². The average Bonchev–Trinajstić information content (AvgIpc) is 2.68. The predicted molar refractivity (Wildman–Crippen MR) is 96.2 cm³/mol. The van der Waals surface area contributed by atoms with Crippen LogP contribution in [0.5, 0.6) is 0 Å². The van der Waals surface area contributed by atoms with Gasteiger partial charge in [0.1, 0.15) is 5.69 Å². The summed E-state index contributed by atoms with van der Waals surface area (Å²) in [4.78, 5) is 31.7. The van der Waals surface area contributed by atoms with E-state index in [-0.39, 0.29) is 18.1 Å². The Morgan fingerprint density at radius 3 is 2.66 bits per heavy atom. The second-order valence-electron chi connectivity index (χ2n) is 6.97. The summed E-state index contributed by atoms with van der Waals surface area (Å²) in [5.41, 5.74) is 0.363. The van der Waals surface area contributed by atoms with Crippen LogP contribution in [0.15, 0.2) is 18.6 Å². The van der Waals surface area contributed by atoms with Crippen LogP contribution in [0.25, 0.3) is 0 Å². The molecule has 3 heterocycles. The summed E-state index contributed by atoms with van der Waals surface area (Å²) in [5, 5.41) is 10.2. The lowest BCUT2D eigenvalue weighted by Crippen LogP contribution is -2.61. The monoisotopic (exact) mass is 418 g/mol. The Hall–Kier alpha value is -2.27. The van der Waals surface area contributed by atoms with Gasteiger partial charge < -0.3 is 20.1 Å².